The van der Waals surface area contributed by atoms with Crippen LogP contribution in [0.15, 0.2) is 65.1 Å². The fourth-order valence-electron chi connectivity index (χ4n) is 1.92. The molecule has 0 amide bonds. The first-order chi connectivity index (χ1) is 9.75. The summed E-state index contributed by atoms with van der Waals surface area (Å²) in [5, 5.41) is 0.415. The summed E-state index contributed by atoms with van der Waals surface area (Å²) in [6, 6.07) is 19.7. The van der Waals surface area contributed by atoms with Gasteiger partial charge in [0.1, 0.15) is 5.15 Å². The van der Waals surface area contributed by atoms with Crippen molar-refractivity contribution in [1.82, 2.24) is 9.97 Å². The van der Waals surface area contributed by atoms with Gasteiger partial charge in [-0.05, 0) is 15.9 Å². The highest BCUT2D eigenvalue weighted by Crippen LogP contribution is 2.33. The monoisotopic (exact) mass is 344 g/mol. The van der Waals surface area contributed by atoms with Gasteiger partial charge in [-0.1, -0.05) is 72.3 Å². The first kappa shape index (κ1) is 13.3. The van der Waals surface area contributed by atoms with E-state index in [0.29, 0.717) is 15.5 Å². The third-order valence-corrected chi connectivity index (χ3v) is 4.14. The van der Waals surface area contributed by atoms with Crippen molar-refractivity contribution in [3.63, 3.8) is 0 Å². The van der Waals surface area contributed by atoms with Crippen LogP contribution in [0.5, 0.6) is 0 Å². The van der Waals surface area contributed by atoms with Gasteiger partial charge in [-0.3, -0.25) is 0 Å². The van der Waals surface area contributed by atoms with Crippen LogP contribution < -0.4 is 0 Å². The van der Waals surface area contributed by atoms with E-state index in [1.165, 1.54) is 0 Å². The topological polar surface area (TPSA) is 25.8 Å². The van der Waals surface area contributed by atoms with Crippen molar-refractivity contribution in [2.24, 2.45) is 0 Å². The Kier molecular flexibility index (Phi) is 3.81. The summed E-state index contributed by atoms with van der Waals surface area (Å²) in [6.45, 7) is 0. The molecule has 1 heterocycles. The summed E-state index contributed by atoms with van der Waals surface area (Å²) in [6.07, 6.45) is 0. The highest BCUT2D eigenvalue weighted by molar-refractivity contribution is 9.10. The van der Waals surface area contributed by atoms with Crippen LogP contribution in [0.3, 0.4) is 0 Å². The molecule has 0 aliphatic rings. The molecule has 0 unspecified atom stereocenters. The smallest absolute Gasteiger partial charge is 0.161 e. The molecule has 1 aromatic heterocycles. The zero-order valence-electron chi connectivity index (χ0n) is 10.4. The molecule has 0 N–H and O–H groups in total. The van der Waals surface area contributed by atoms with Crippen molar-refractivity contribution in [1.29, 1.82) is 0 Å². The highest BCUT2D eigenvalue weighted by Gasteiger charge is 2.13. The number of benzene rings is 2. The maximum Gasteiger partial charge on any atom is 0.161 e. The molecule has 0 bridgehead atoms. The lowest BCUT2D eigenvalue weighted by atomic mass is 10.1. The Balaban J connectivity index is 2.19. The molecule has 0 atom stereocenters. The molecule has 0 spiro atoms. The molecule has 0 aliphatic heterocycles. The Hall–Kier alpha value is -1.71. The number of nitrogens with zero attached hydrogens (tertiary/aromatic N) is 2. The van der Waals surface area contributed by atoms with Crippen LogP contribution >= 0.6 is 27.5 Å². The molecule has 20 heavy (non-hydrogen) atoms. The van der Waals surface area contributed by atoms with Gasteiger partial charge in [0.25, 0.3) is 0 Å². The Morgan fingerprint density at radius 3 is 1.90 bits per heavy atom. The van der Waals surface area contributed by atoms with Gasteiger partial charge in [0.2, 0.25) is 0 Å². The van der Waals surface area contributed by atoms with Gasteiger partial charge in [0.15, 0.2) is 5.82 Å². The number of hydrogen-bond donors (Lipinski definition) is 0. The standard InChI is InChI=1S/C16H10BrClN2/c17-13-14(11-7-3-1-4-8-11)19-16(20-15(13)18)12-9-5-2-6-10-12/h1-10H. The average molecular weight is 346 g/mol. The minimum Gasteiger partial charge on any atom is -0.227 e. The van der Waals surface area contributed by atoms with Crippen LogP contribution in [0.25, 0.3) is 22.6 Å². The molecule has 3 aromatic rings. The van der Waals surface area contributed by atoms with Gasteiger partial charge in [0, 0.05) is 11.1 Å². The minimum atomic E-state index is 0.415. The minimum absolute atomic E-state index is 0.415. The van der Waals surface area contributed by atoms with E-state index in [4.69, 9.17) is 11.6 Å². The Bertz CT molecular complexity index is 730. The van der Waals surface area contributed by atoms with Crippen LogP contribution in [0.1, 0.15) is 0 Å². The summed E-state index contributed by atoms with van der Waals surface area (Å²) in [7, 11) is 0. The molecule has 0 aliphatic carbocycles. The number of hydrogen-bond acceptors (Lipinski definition) is 2. The van der Waals surface area contributed by atoms with Crippen LogP contribution in [-0.4, -0.2) is 9.97 Å². The van der Waals surface area contributed by atoms with Crippen LogP contribution in [-0.2, 0) is 0 Å². The van der Waals surface area contributed by atoms with Crippen molar-refractivity contribution >= 4 is 27.5 Å². The molecule has 0 saturated heterocycles. The molecule has 3 rings (SSSR count). The van der Waals surface area contributed by atoms with E-state index < -0.39 is 0 Å². The first-order valence-electron chi connectivity index (χ1n) is 6.09. The predicted molar refractivity (Wildman–Crippen MR) is 85.6 cm³/mol. The third-order valence-electron chi connectivity index (χ3n) is 2.89. The summed E-state index contributed by atoms with van der Waals surface area (Å²) >= 11 is 9.69. The lowest BCUT2D eigenvalue weighted by molar-refractivity contribution is 1.16. The zero-order valence-corrected chi connectivity index (χ0v) is 12.8. The second-order valence-electron chi connectivity index (χ2n) is 4.23. The Morgan fingerprint density at radius 2 is 1.30 bits per heavy atom. The fourth-order valence-corrected chi connectivity index (χ4v) is 2.50. The van der Waals surface area contributed by atoms with Crippen LogP contribution in [0, 0.1) is 0 Å². The van der Waals surface area contributed by atoms with Crippen molar-refractivity contribution in [3.8, 4) is 22.6 Å². The summed E-state index contributed by atoms with van der Waals surface area (Å²) < 4.78 is 0.713. The second kappa shape index (κ2) is 5.73. The molecule has 98 valence electrons. The van der Waals surface area contributed by atoms with E-state index in [2.05, 4.69) is 25.9 Å². The molecule has 0 fully saturated rings. The number of aromatic nitrogens is 2. The molecule has 2 aromatic carbocycles. The Morgan fingerprint density at radius 1 is 0.750 bits per heavy atom. The van der Waals surface area contributed by atoms with Gasteiger partial charge in [-0.15, -0.1) is 0 Å². The normalized spacial score (nSPS) is 10.5. The van der Waals surface area contributed by atoms with E-state index in [1.54, 1.807) is 0 Å². The zero-order chi connectivity index (χ0) is 13.9. The molecule has 2 nitrogen and oxygen atoms in total. The van der Waals surface area contributed by atoms with Gasteiger partial charge in [-0.2, -0.15) is 0 Å². The highest BCUT2D eigenvalue weighted by atomic mass is 79.9. The van der Waals surface area contributed by atoms with Gasteiger partial charge in [-0.25, -0.2) is 9.97 Å². The predicted octanol–water partition coefficient (Wildman–Crippen LogP) is 5.23. The maximum atomic E-state index is 6.22. The average Bonchev–Trinajstić information content (AvgIpc) is 2.51. The quantitative estimate of drug-likeness (QED) is 0.595. The van der Waals surface area contributed by atoms with Crippen molar-refractivity contribution in [2.45, 2.75) is 0 Å². The lowest BCUT2D eigenvalue weighted by Crippen LogP contribution is -1.95. The SMILES string of the molecule is Clc1nc(-c2ccccc2)nc(-c2ccccc2)c1Br. The Labute approximate surface area is 130 Å². The largest absolute Gasteiger partial charge is 0.227 e. The van der Waals surface area contributed by atoms with E-state index in [0.717, 1.165) is 16.8 Å². The summed E-state index contributed by atoms with van der Waals surface area (Å²) in [4.78, 5) is 8.97. The first-order valence-corrected chi connectivity index (χ1v) is 7.26. The third kappa shape index (κ3) is 2.60. The van der Waals surface area contributed by atoms with E-state index in [9.17, 15) is 0 Å². The summed E-state index contributed by atoms with van der Waals surface area (Å²) in [5.74, 6) is 0.623. The van der Waals surface area contributed by atoms with Crippen LogP contribution in [0.2, 0.25) is 5.15 Å². The van der Waals surface area contributed by atoms with E-state index >= 15 is 0 Å². The van der Waals surface area contributed by atoms with Gasteiger partial charge in [0.05, 0.1) is 10.2 Å². The molecule has 0 saturated carbocycles. The van der Waals surface area contributed by atoms with Crippen LogP contribution in [0.4, 0.5) is 0 Å². The van der Waals surface area contributed by atoms with Gasteiger partial charge < -0.3 is 0 Å². The maximum absolute atomic E-state index is 6.22. The van der Waals surface area contributed by atoms with Crippen molar-refractivity contribution in [3.05, 3.63) is 70.3 Å². The fraction of sp³-hybridized carbons (Fsp3) is 0. The summed E-state index contributed by atoms with van der Waals surface area (Å²) in [5.41, 5.74) is 2.74. The van der Waals surface area contributed by atoms with E-state index in [1.807, 2.05) is 60.7 Å². The lowest BCUT2D eigenvalue weighted by Gasteiger charge is -2.08. The number of halogens is 2. The number of rotatable bonds is 2. The van der Waals surface area contributed by atoms with Crippen molar-refractivity contribution < 1.29 is 0 Å². The molecular formula is C16H10BrClN2. The van der Waals surface area contributed by atoms with Crippen molar-refractivity contribution in [2.75, 3.05) is 0 Å². The molecule has 4 heteroatoms. The van der Waals surface area contributed by atoms with Gasteiger partial charge >= 0.3 is 0 Å². The molecule has 0 radical (unpaired) electrons. The second-order valence-corrected chi connectivity index (χ2v) is 5.38. The molecular weight excluding hydrogens is 336 g/mol. The van der Waals surface area contributed by atoms with E-state index in [-0.39, 0.29) is 0 Å².